The summed E-state index contributed by atoms with van der Waals surface area (Å²) in [6.07, 6.45) is 0. The Labute approximate surface area is 169 Å². The number of amides is 1. The molecule has 2 aromatic carbocycles. The van der Waals surface area contributed by atoms with Gasteiger partial charge >= 0.3 is 0 Å². The third-order valence-electron chi connectivity index (χ3n) is 4.56. The maximum atomic E-state index is 14.1. The number of hydrogen-bond donors (Lipinski definition) is 1. The second kappa shape index (κ2) is 7.55. The molecule has 9 heteroatoms. The van der Waals surface area contributed by atoms with E-state index >= 15 is 0 Å². The molecule has 0 bridgehead atoms. The second-order valence-electron chi connectivity index (χ2n) is 7.35. The number of ether oxygens (including phenoxy) is 2. The number of benzene rings is 2. The fourth-order valence-electron chi connectivity index (χ4n) is 2.98. The van der Waals surface area contributed by atoms with Gasteiger partial charge in [-0.05, 0) is 57.2 Å². The van der Waals surface area contributed by atoms with E-state index in [1.165, 1.54) is 29.2 Å². The number of sulfonamides is 1. The normalized spacial score (nSPS) is 15.9. The number of nitrogens with zero attached hydrogens (tertiary/aromatic N) is 1. The first-order valence-electron chi connectivity index (χ1n) is 9.05. The first-order chi connectivity index (χ1) is 13.5. The van der Waals surface area contributed by atoms with Gasteiger partial charge in [-0.1, -0.05) is 0 Å². The van der Waals surface area contributed by atoms with Gasteiger partial charge in [-0.15, -0.1) is 0 Å². The van der Waals surface area contributed by atoms with E-state index in [1.54, 1.807) is 33.9 Å². The summed E-state index contributed by atoms with van der Waals surface area (Å²) in [5, 5.41) is 0. The van der Waals surface area contributed by atoms with Crippen LogP contribution in [0.3, 0.4) is 0 Å². The Hall–Kier alpha value is -2.81. The predicted octanol–water partition coefficient (Wildman–Crippen LogP) is 3.41. The van der Waals surface area contributed by atoms with E-state index in [1.807, 2.05) is 0 Å². The molecule has 1 aliphatic rings. The molecule has 0 saturated carbocycles. The highest BCUT2D eigenvalue weighted by Crippen LogP contribution is 2.37. The summed E-state index contributed by atoms with van der Waals surface area (Å²) in [4.78, 5) is 13.8. The van der Waals surface area contributed by atoms with Crippen LogP contribution < -0.4 is 19.1 Å². The van der Waals surface area contributed by atoms with Gasteiger partial charge in [-0.3, -0.25) is 9.52 Å². The SMILES string of the molecule is CCOc1ccc(S(=O)(=O)Nc2ccc3c(c2)N(C)C(=O)C(C)(C)CO3)cc1F. The zero-order valence-electron chi connectivity index (χ0n) is 16.7. The van der Waals surface area contributed by atoms with Crippen molar-refractivity contribution in [2.45, 2.75) is 25.7 Å². The van der Waals surface area contributed by atoms with Crippen molar-refractivity contribution in [1.29, 1.82) is 0 Å². The van der Waals surface area contributed by atoms with Crippen LogP contribution in [0.5, 0.6) is 11.5 Å². The van der Waals surface area contributed by atoms with Crippen LogP contribution in [0.2, 0.25) is 0 Å². The molecule has 0 radical (unpaired) electrons. The number of fused-ring (bicyclic) bond motifs is 1. The van der Waals surface area contributed by atoms with Crippen molar-refractivity contribution in [2.75, 3.05) is 29.9 Å². The van der Waals surface area contributed by atoms with E-state index in [2.05, 4.69) is 4.72 Å². The molecule has 3 rings (SSSR count). The summed E-state index contributed by atoms with van der Waals surface area (Å²) >= 11 is 0. The molecule has 0 saturated heterocycles. The minimum atomic E-state index is -4.05. The second-order valence-corrected chi connectivity index (χ2v) is 9.03. The summed E-state index contributed by atoms with van der Waals surface area (Å²) in [5.41, 5.74) is -0.0487. The van der Waals surface area contributed by atoms with E-state index in [-0.39, 0.29) is 35.5 Å². The van der Waals surface area contributed by atoms with Gasteiger partial charge in [0.15, 0.2) is 11.6 Å². The average Bonchev–Trinajstić information content (AvgIpc) is 2.74. The predicted molar refractivity (Wildman–Crippen MR) is 108 cm³/mol. The number of carbonyl (C=O) groups is 1. The molecule has 2 aromatic rings. The highest BCUT2D eigenvalue weighted by molar-refractivity contribution is 7.92. The van der Waals surface area contributed by atoms with Crippen LogP contribution in [-0.2, 0) is 14.8 Å². The lowest BCUT2D eigenvalue weighted by Gasteiger charge is -2.24. The Morgan fingerprint density at radius 2 is 1.97 bits per heavy atom. The molecule has 0 unspecified atom stereocenters. The average molecular weight is 422 g/mol. The molecule has 0 fully saturated rings. The van der Waals surface area contributed by atoms with Crippen molar-refractivity contribution in [3.8, 4) is 11.5 Å². The Bertz CT molecular complexity index is 1050. The van der Waals surface area contributed by atoms with E-state index in [9.17, 15) is 17.6 Å². The van der Waals surface area contributed by atoms with Gasteiger partial charge in [-0.2, -0.15) is 0 Å². The Balaban J connectivity index is 1.91. The highest BCUT2D eigenvalue weighted by atomic mass is 32.2. The van der Waals surface area contributed by atoms with Crippen molar-refractivity contribution < 1.29 is 27.1 Å². The van der Waals surface area contributed by atoms with Crippen LogP contribution in [-0.4, -0.2) is 34.6 Å². The molecule has 29 heavy (non-hydrogen) atoms. The number of rotatable bonds is 5. The Morgan fingerprint density at radius 3 is 2.62 bits per heavy atom. The van der Waals surface area contributed by atoms with Crippen molar-refractivity contribution in [2.24, 2.45) is 5.41 Å². The molecule has 7 nitrogen and oxygen atoms in total. The number of carbonyl (C=O) groups excluding carboxylic acids is 1. The van der Waals surface area contributed by atoms with Crippen molar-refractivity contribution in [1.82, 2.24) is 0 Å². The minimum Gasteiger partial charge on any atom is -0.491 e. The van der Waals surface area contributed by atoms with Crippen molar-refractivity contribution >= 4 is 27.3 Å². The summed E-state index contributed by atoms with van der Waals surface area (Å²) in [5.74, 6) is -0.458. The fourth-order valence-corrected chi connectivity index (χ4v) is 4.04. The molecule has 0 aromatic heterocycles. The summed E-state index contributed by atoms with van der Waals surface area (Å²) < 4.78 is 52.6. The standard InChI is InChI=1S/C20H23FN2O5S/c1-5-27-17-9-7-14(11-15(17)21)29(25,26)22-13-6-8-18-16(10-13)23(4)19(24)20(2,3)12-28-18/h6-11,22H,5,12H2,1-4H3. The molecule has 0 aliphatic carbocycles. The summed E-state index contributed by atoms with van der Waals surface area (Å²) in [6.45, 7) is 5.74. The van der Waals surface area contributed by atoms with Gasteiger partial charge in [0, 0.05) is 7.05 Å². The van der Waals surface area contributed by atoms with E-state index in [4.69, 9.17) is 9.47 Å². The lowest BCUT2D eigenvalue weighted by Crippen LogP contribution is -2.39. The van der Waals surface area contributed by atoms with Gasteiger partial charge in [-0.25, -0.2) is 12.8 Å². The molecular weight excluding hydrogens is 399 g/mol. The Morgan fingerprint density at radius 1 is 1.24 bits per heavy atom. The van der Waals surface area contributed by atoms with Crippen LogP contribution in [0.25, 0.3) is 0 Å². The van der Waals surface area contributed by atoms with Crippen LogP contribution in [0.1, 0.15) is 20.8 Å². The number of halogens is 1. The number of anilines is 2. The molecule has 0 spiro atoms. The summed E-state index contributed by atoms with van der Waals surface area (Å²) in [7, 11) is -2.44. The maximum Gasteiger partial charge on any atom is 0.262 e. The zero-order chi connectivity index (χ0) is 21.4. The van der Waals surface area contributed by atoms with Gasteiger partial charge in [0.1, 0.15) is 12.4 Å². The third-order valence-corrected chi connectivity index (χ3v) is 5.94. The van der Waals surface area contributed by atoms with Crippen LogP contribution in [0.4, 0.5) is 15.8 Å². The molecule has 1 amide bonds. The van der Waals surface area contributed by atoms with E-state index < -0.39 is 21.3 Å². The highest BCUT2D eigenvalue weighted by Gasteiger charge is 2.36. The number of hydrogen-bond acceptors (Lipinski definition) is 5. The molecule has 1 aliphatic heterocycles. The molecule has 156 valence electrons. The number of nitrogens with one attached hydrogen (secondary N) is 1. The first-order valence-corrected chi connectivity index (χ1v) is 10.5. The van der Waals surface area contributed by atoms with E-state index in [0.29, 0.717) is 11.4 Å². The quantitative estimate of drug-likeness (QED) is 0.798. The molecule has 0 atom stereocenters. The monoisotopic (exact) mass is 422 g/mol. The van der Waals surface area contributed by atoms with Crippen LogP contribution in [0.15, 0.2) is 41.3 Å². The van der Waals surface area contributed by atoms with Crippen molar-refractivity contribution in [3.05, 3.63) is 42.2 Å². The lowest BCUT2D eigenvalue weighted by molar-refractivity contribution is -0.127. The van der Waals surface area contributed by atoms with Gasteiger partial charge in [0.05, 0.1) is 28.3 Å². The Kier molecular flexibility index (Phi) is 5.44. The summed E-state index contributed by atoms with van der Waals surface area (Å²) in [6, 6.07) is 8.07. The fraction of sp³-hybridized carbons (Fsp3) is 0.350. The van der Waals surface area contributed by atoms with E-state index in [0.717, 1.165) is 6.07 Å². The molecule has 1 N–H and O–H groups in total. The molecule has 1 heterocycles. The topological polar surface area (TPSA) is 84.9 Å². The maximum absolute atomic E-state index is 14.1. The van der Waals surface area contributed by atoms with Gasteiger partial charge < -0.3 is 14.4 Å². The van der Waals surface area contributed by atoms with Crippen LogP contribution >= 0.6 is 0 Å². The molecular formula is C20H23FN2O5S. The largest absolute Gasteiger partial charge is 0.491 e. The van der Waals surface area contributed by atoms with Crippen LogP contribution in [0, 0.1) is 11.2 Å². The minimum absolute atomic E-state index is 0.0172. The van der Waals surface area contributed by atoms with Gasteiger partial charge in [0.25, 0.3) is 10.0 Å². The smallest absolute Gasteiger partial charge is 0.262 e. The lowest BCUT2D eigenvalue weighted by atomic mass is 9.93. The third kappa shape index (κ3) is 4.14. The zero-order valence-corrected chi connectivity index (χ0v) is 17.5. The van der Waals surface area contributed by atoms with Crippen molar-refractivity contribution in [3.63, 3.8) is 0 Å². The van der Waals surface area contributed by atoms with Gasteiger partial charge in [0.2, 0.25) is 5.91 Å². The first kappa shape index (κ1) is 20.9.